The summed E-state index contributed by atoms with van der Waals surface area (Å²) < 4.78 is 0.933. The molecule has 0 atom stereocenters. The van der Waals surface area contributed by atoms with Gasteiger partial charge in [0.25, 0.3) is 0 Å². The van der Waals surface area contributed by atoms with E-state index in [1.807, 2.05) is 6.07 Å². The molecule has 1 aromatic rings. The van der Waals surface area contributed by atoms with E-state index in [1.54, 1.807) is 6.20 Å². The number of piperidine rings is 1. The number of pyridine rings is 1. The molecule has 0 bridgehead atoms. The minimum Gasteiger partial charge on any atom is -0.366 e. The third kappa shape index (κ3) is 3.57. The Hall–Kier alpha value is -0.320. The van der Waals surface area contributed by atoms with Crippen molar-refractivity contribution in [3.8, 4) is 0 Å². The van der Waals surface area contributed by atoms with Crippen molar-refractivity contribution in [2.24, 2.45) is 0 Å². The van der Waals surface area contributed by atoms with Gasteiger partial charge in [-0.25, -0.2) is 4.98 Å². The second-order valence-corrected chi connectivity index (χ2v) is 5.63. The van der Waals surface area contributed by atoms with Crippen LogP contribution < -0.4 is 5.32 Å². The molecule has 1 N–H and O–H groups in total. The smallest absolute Gasteiger partial charge is 0.140 e. The van der Waals surface area contributed by atoms with Gasteiger partial charge in [-0.05, 0) is 41.4 Å². The molecule has 3 nitrogen and oxygen atoms in total. The molecule has 1 fully saturated rings. The standard InChI is InChI=1S/C12H17BrClN3/c1-2-17-5-3-10(4-6-17)16-12-11(13)7-9(14)8-15-12/h7-8,10H,2-6H2,1H3,(H,15,16). The second-order valence-electron chi connectivity index (χ2n) is 4.34. The van der Waals surface area contributed by atoms with Crippen molar-refractivity contribution in [2.45, 2.75) is 25.8 Å². The lowest BCUT2D eigenvalue weighted by Crippen LogP contribution is -2.39. The van der Waals surface area contributed by atoms with Crippen molar-refractivity contribution < 1.29 is 0 Å². The lowest BCUT2D eigenvalue weighted by molar-refractivity contribution is 0.229. The molecule has 0 aromatic carbocycles. The molecule has 0 radical (unpaired) electrons. The van der Waals surface area contributed by atoms with Crippen LogP contribution >= 0.6 is 27.5 Å². The molecular weight excluding hydrogens is 302 g/mol. The molecule has 0 aliphatic carbocycles. The van der Waals surface area contributed by atoms with Crippen molar-refractivity contribution in [3.05, 3.63) is 21.8 Å². The van der Waals surface area contributed by atoms with Crippen molar-refractivity contribution in [1.29, 1.82) is 0 Å². The van der Waals surface area contributed by atoms with Gasteiger partial charge in [-0.15, -0.1) is 0 Å². The van der Waals surface area contributed by atoms with Crippen LogP contribution in [0, 0.1) is 0 Å². The summed E-state index contributed by atoms with van der Waals surface area (Å²) in [6, 6.07) is 2.39. The Morgan fingerprint density at radius 3 is 2.82 bits per heavy atom. The average Bonchev–Trinajstić information content (AvgIpc) is 2.34. The van der Waals surface area contributed by atoms with Crippen LogP contribution in [0.1, 0.15) is 19.8 Å². The molecule has 17 heavy (non-hydrogen) atoms. The number of nitrogens with one attached hydrogen (secondary N) is 1. The summed E-state index contributed by atoms with van der Waals surface area (Å²) in [5.41, 5.74) is 0. The summed E-state index contributed by atoms with van der Waals surface area (Å²) in [4.78, 5) is 6.78. The molecule has 0 unspecified atom stereocenters. The molecule has 0 saturated carbocycles. The second kappa shape index (κ2) is 6.03. The molecule has 2 heterocycles. The van der Waals surface area contributed by atoms with Gasteiger partial charge in [0, 0.05) is 25.3 Å². The first-order chi connectivity index (χ1) is 8.19. The molecule has 1 aliphatic heterocycles. The van der Waals surface area contributed by atoms with Crippen LogP contribution in [0.15, 0.2) is 16.7 Å². The van der Waals surface area contributed by atoms with E-state index in [2.05, 4.69) is 38.1 Å². The fraction of sp³-hybridized carbons (Fsp3) is 0.583. The summed E-state index contributed by atoms with van der Waals surface area (Å²) in [5, 5.41) is 4.13. The normalized spacial score (nSPS) is 18.3. The van der Waals surface area contributed by atoms with Crippen molar-refractivity contribution in [1.82, 2.24) is 9.88 Å². The lowest BCUT2D eigenvalue weighted by Gasteiger charge is -2.31. The van der Waals surface area contributed by atoms with E-state index >= 15 is 0 Å². The first-order valence-electron chi connectivity index (χ1n) is 5.99. The molecule has 94 valence electrons. The Bertz CT molecular complexity index is 378. The summed E-state index contributed by atoms with van der Waals surface area (Å²) in [6.45, 7) is 5.69. The van der Waals surface area contributed by atoms with Crippen LogP contribution in [-0.2, 0) is 0 Å². The van der Waals surface area contributed by atoms with Crippen LogP contribution in [0.3, 0.4) is 0 Å². The number of nitrogens with zero attached hydrogens (tertiary/aromatic N) is 2. The molecule has 1 saturated heterocycles. The Labute approximate surface area is 116 Å². The number of rotatable bonds is 3. The lowest BCUT2D eigenvalue weighted by atomic mass is 10.1. The van der Waals surface area contributed by atoms with Gasteiger partial charge in [0.05, 0.1) is 9.50 Å². The van der Waals surface area contributed by atoms with Crippen LogP contribution in [0.5, 0.6) is 0 Å². The van der Waals surface area contributed by atoms with E-state index < -0.39 is 0 Å². The van der Waals surface area contributed by atoms with Crippen LogP contribution in [0.25, 0.3) is 0 Å². The summed E-state index contributed by atoms with van der Waals surface area (Å²) in [7, 11) is 0. The Balaban J connectivity index is 1.93. The van der Waals surface area contributed by atoms with E-state index in [4.69, 9.17) is 11.6 Å². The van der Waals surface area contributed by atoms with E-state index in [-0.39, 0.29) is 0 Å². The monoisotopic (exact) mass is 317 g/mol. The molecule has 2 rings (SSSR count). The summed E-state index contributed by atoms with van der Waals surface area (Å²) in [5.74, 6) is 0.893. The number of anilines is 1. The van der Waals surface area contributed by atoms with Crippen molar-refractivity contribution in [2.75, 3.05) is 25.0 Å². The van der Waals surface area contributed by atoms with Gasteiger partial charge in [0.2, 0.25) is 0 Å². The highest BCUT2D eigenvalue weighted by Crippen LogP contribution is 2.25. The van der Waals surface area contributed by atoms with Crippen LogP contribution in [0.4, 0.5) is 5.82 Å². The minimum absolute atomic E-state index is 0.516. The maximum atomic E-state index is 5.87. The zero-order chi connectivity index (χ0) is 12.3. The zero-order valence-corrected chi connectivity index (χ0v) is 12.3. The van der Waals surface area contributed by atoms with Gasteiger partial charge >= 0.3 is 0 Å². The number of halogens is 2. The van der Waals surface area contributed by atoms with Crippen LogP contribution in [0.2, 0.25) is 5.02 Å². The Kier molecular flexibility index (Phi) is 4.65. The first kappa shape index (κ1) is 13.1. The minimum atomic E-state index is 0.516. The predicted molar refractivity (Wildman–Crippen MR) is 75.7 cm³/mol. The third-order valence-corrected chi connectivity index (χ3v) is 3.99. The summed E-state index contributed by atoms with van der Waals surface area (Å²) in [6.07, 6.45) is 4.02. The van der Waals surface area contributed by atoms with Gasteiger partial charge in [0.15, 0.2) is 0 Å². The molecule has 5 heteroatoms. The Morgan fingerprint density at radius 1 is 1.53 bits per heavy atom. The average molecular weight is 319 g/mol. The van der Waals surface area contributed by atoms with Gasteiger partial charge in [-0.1, -0.05) is 18.5 Å². The quantitative estimate of drug-likeness (QED) is 0.926. The largest absolute Gasteiger partial charge is 0.366 e. The predicted octanol–water partition coefficient (Wildman–Crippen LogP) is 3.39. The van der Waals surface area contributed by atoms with Gasteiger partial charge in [-0.2, -0.15) is 0 Å². The maximum Gasteiger partial charge on any atom is 0.140 e. The molecule has 1 aromatic heterocycles. The maximum absolute atomic E-state index is 5.87. The van der Waals surface area contributed by atoms with E-state index in [9.17, 15) is 0 Å². The van der Waals surface area contributed by atoms with Gasteiger partial charge in [-0.3, -0.25) is 0 Å². The Morgan fingerprint density at radius 2 is 2.24 bits per heavy atom. The fourth-order valence-corrected chi connectivity index (χ4v) is 2.86. The topological polar surface area (TPSA) is 28.2 Å². The first-order valence-corrected chi connectivity index (χ1v) is 7.16. The number of likely N-dealkylation sites (tertiary alicyclic amines) is 1. The number of aromatic nitrogens is 1. The molecule has 0 amide bonds. The molecule has 0 spiro atoms. The van der Waals surface area contributed by atoms with Crippen LogP contribution in [-0.4, -0.2) is 35.6 Å². The highest BCUT2D eigenvalue weighted by molar-refractivity contribution is 9.10. The summed E-state index contributed by atoms with van der Waals surface area (Å²) >= 11 is 9.35. The van der Waals surface area contributed by atoms with E-state index in [1.165, 1.54) is 25.9 Å². The highest BCUT2D eigenvalue weighted by atomic mass is 79.9. The van der Waals surface area contributed by atoms with Crippen molar-refractivity contribution >= 4 is 33.3 Å². The van der Waals surface area contributed by atoms with Gasteiger partial charge in [0.1, 0.15) is 5.82 Å². The third-order valence-electron chi connectivity index (χ3n) is 3.18. The van der Waals surface area contributed by atoms with E-state index in [0.717, 1.165) is 16.8 Å². The van der Waals surface area contributed by atoms with E-state index in [0.29, 0.717) is 11.1 Å². The molecule has 1 aliphatic rings. The fourth-order valence-electron chi connectivity index (χ4n) is 2.11. The zero-order valence-electron chi connectivity index (χ0n) is 9.92. The van der Waals surface area contributed by atoms with Gasteiger partial charge < -0.3 is 10.2 Å². The number of hydrogen-bond donors (Lipinski definition) is 1. The number of hydrogen-bond acceptors (Lipinski definition) is 3. The molecular formula is C12H17BrClN3. The highest BCUT2D eigenvalue weighted by Gasteiger charge is 2.18. The SMILES string of the molecule is CCN1CCC(Nc2ncc(Cl)cc2Br)CC1. The van der Waals surface area contributed by atoms with Crippen molar-refractivity contribution in [3.63, 3.8) is 0 Å².